The van der Waals surface area contributed by atoms with Crippen LogP contribution in [0.5, 0.6) is 5.75 Å². The molecule has 2 unspecified atom stereocenters. The molecule has 0 aromatic heterocycles. The van der Waals surface area contributed by atoms with Gasteiger partial charge in [0.25, 0.3) is 6.43 Å². The van der Waals surface area contributed by atoms with E-state index in [9.17, 15) is 43.0 Å². The van der Waals surface area contributed by atoms with Crippen molar-refractivity contribution >= 4 is 29.0 Å². The second-order valence-electron chi connectivity index (χ2n) is 10.6. The fraction of sp³-hybridized carbons (Fsp3) is 0.560. The van der Waals surface area contributed by atoms with Gasteiger partial charge in [0, 0.05) is 23.6 Å². The van der Waals surface area contributed by atoms with E-state index in [1.807, 2.05) is 0 Å². The number of nitrogens with two attached hydrogens (primary N) is 1. The molecule has 10 nitrogen and oxygen atoms in total. The molecule has 1 amide bonds. The molecule has 1 aromatic rings. The van der Waals surface area contributed by atoms with Gasteiger partial charge in [-0.25, -0.2) is 13.2 Å². The Morgan fingerprint density at radius 3 is 2.37 bits per heavy atom. The Kier molecular flexibility index (Phi) is 7.00. The molecule has 0 aliphatic heterocycles. The van der Waals surface area contributed by atoms with Crippen LogP contribution in [0.3, 0.4) is 0 Å². The van der Waals surface area contributed by atoms with Crippen LogP contribution in [0.15, 0.2) is 6.07 Å². The number of nitrogens with zero attached hydrogens (tertiary/aromatic N) is 2. The summed E-state index contributed by atoms with van der Waals surface area (Å²) < 4.78 is 41.0. The fourth-order valence-electron chi connectivity index (χ4n) is 6.41. The van der Waals surface area contributed by atoms with Gasteiger partial charge in [0.1, 0.15) is 11.6 Å². The van der Waals surface area contributed by atoms with E-state index in [4.69, 9.17) is 5.73 Å². The van der Waals surface area contributed by atoms with Gasteiger partial charge in [0.15, 0.2) is 34.7 Å². The third-order valence-electron chi connectivity index (χ3n) is 7.96. The number of amides is 1. The van der Waals surface area contributed by atoms with Gasteiger partial charge in [-0.2, -0.15) is 0 Å². The van der Waals surface area contributed by atoms with E-state index in [1.54, 1.807) is 0 Å². The molecule has 4 rings (SSSR count). The fourth-order valence-corrected chi connectivity index (χ4v) is 6.41. The molecule has 2 saturated carbocycles. The van der Waals surface area contributed by atoms with Crippen molar-refractivity contribution < 1.29 is 47.4 Å². The Morgan fingerprint density at radius 1 is 1.18 bits per heavy atom. The molecule has 0 spiro atoms. The number of phenols is 1. The molecule has 13 heteroatoms. The topological polar surface area (TPSA) is 158 Å². The van der Waals surface area contributed by atoms with Crippen LogP contribution in [0, 0.1) is 29.5 Å². The maximum atomic E-state index is 15.6. The van der Waals surface area contributed by atoms with E-state index >= 15 is 4.39 Å². The van der Waals surface area contributed by atoms with E-state index in [0.717, 1.165) is 11.0 Å². The Bertz CT molecular complexity index is 1250. The van der Waals surface area contributed by atoms with Crippen LogP contribution in [0.4, 0.5) is 13.2 Å². The lowest BCUT2D eigenvalue weighted by Gasteiger charge is -2.52. The third-order valence-corrected chi connectivity index (χ3v) is 7.96. The monoisotopic (exact) mass is 539 g/mol. The number of primary amides is 1. The van der Waals surface area contributed by atoms with E-state index in [-0.39, 0.29) is 30.5 Å². The molecule has 206 valence electrons. The smallest absolute Gasteiger partial charge is 0.251 e. The lowest BCUT2D eigenvalue weighted by atomic mass is 9.52. The number of aromatic hydroxyl groups is 1. The Labute approximate surface area is 215 Å². The van der Waals surface area contributed by atoms with Crippen LogP contribution >= 0.6 is 0 Å². The number of hydrogen-bond donors (Lipinski definition) is 3. The second-order valence-corrected chi connectivity index (χ2v) is 10.6. The SMILES string of the molecule is CN(Cc1cc(O)c2c(c1F)C[C@H]1C[C@H]3[C@H](N(C)C)C(=O)C(C(N)=O)C(=O)[C@@]3(O)C(=O)C1C2=O)CC(F)F. The first-order chi connectivity index (χ1) is 17.6. The maximum Gasteiger partial charge on any atom is 0.251 e. The Morgan fingerprint density at radius 2 is 1.82 bits per heavy atom. The molecule has 0 bridgehead atoms. The summed E-state index contributed by atoms with van der Waals surface area (Å²) in [6.07, 6.45) is -3.15. The number of carbonyl (C=O) groups is 5. The Balaban J connectivity index is 1.80. The molecule has 0 heterocycles. The van der Waals surface area contributed by atoms with Crippen molar-refractivity contribution in [2.24, 2.45) is 29.4 Å². The largest absolute Gasteiger partial charge is 0.507 e. The molecule has 6 atom stereocenters. The predicted octanol–water partition coefficient (Wildman–Crippen LogP) is -0.297. The predicted molar refractivity (Wildman–Crippen MR) is 124 cm³/mol. The lowest BCUT2D eigenvalue weighted by molar-refractivity contribution is -0.181. The molecule has 3 aliphatic rings. The van der Waals surface area contributed by atoms with E-state index in [2.05, 4.69) is 0 Å². The second kappa shape index (κ2) is 9.54. The lowest BCUT2D eigenvalue weighted by Crippen LogP contribution is -2.74. The van der Waals surface area contributed by atoms with E-state index in [0.29, 0.717) is 0 Å². The zero-order valence-electron chi connectivity index (χ0n) is 20.9. The van der Waals surface area contributed by atoms with Gasteiger partial charge in [-0.05, 0) is 46.0 Å². The van der Waals surface area contributed by atoms with Gasteiger partial charge in [-0.15, -0.1) is 0 Å². The molecular formula is C25H28F3N3O7. The number of benzene rings is 1. The number of phenolic OH excluding ortho intramolecular Hbond substituents is 1. The highest BCUT2D eigenvalue weighted by atomic mass is 19.3. The summed E-state index contributed by atoms with van der Waals surface area (Å²) in [6.45, 7) is -0.948. The van der Waals surface area contributed by atoms with Crippen LogP contribution in [0.25, 0.3) is 0 Å². The number of aliphatic hydroxyl groups is 1. The van der Waals surface area contributed by atoms with Gasteiger partial charge in [-0.1, -0.05) is 0 Å². The van der Waals surface area contributed by atoms with Crippen molar-refractivity contribution in [3.63, 3.8) is 0 Å². The highest BCUT2D eigenvalue weighted by Gasteiger charge is 2.69. The molecule has 0 radical (unpaired) electrons. The van der Waals surface area contributed by atoms with Crippen molar-refractivity contribution in [1.29, 1.82) is 0 Å². The molecule has 1 aromatic carbocycles. The number of alkyl halides is 2. The first-order valence-electron chi connectivity index (χ1n) is 12.0. The summed E-state index contributed by atoms with van der Waals surface area (Å²) >= 11 is 0. The average Bonchev–Trinajstić information content (AvgIpc) is 2.78. The first-order valence-corrected chi connectivity index (χ1v) is 12.0. The summed E-state index contributed by atoms with van der Waals surface area (Å²) in [4.78, 5) is 67.9. The number of carbonyl (C=O) groups excluding carboxylic acids is 5. The minimum atomic E-state index is -2.87. The highest BCUT2D eigenvalue weighted by Crippen LogP contribution is 2.51. The normalized spacial score (nSPS) is 31.1. The van der Waals surface area contributed by atoms with Gasteiger partial charge in [-0.3, -0.25) is 33.8 Å². The van der Waals surface area contributed by atoms with E-state index in [1.165, 1.54) is 26.0 Å². The quantitative estimate of drug-likeness (QED) is 0.413. The van der Waals surface area contributed by atoms with Gasteiger partial charge < -0.3 is 15.9 Å². The van der Waals surface area contributed by atoms with Crippen LogP contribution in [0.2, 0.25) is 0 Å². The summed E-state index contributed by atoms with van der Waals surface area (Å²) in [7, 11) is 4.24. The minimum absolute atomic E-state index is 0.132. The Hall–Kier alpha value is -3.16. The van der Waals surface area contributed by atoms with Gasteiger partial charge >= 0.3 is 0 Å². The first kappa shape index (κ1) is 27.9. The minimum Gasteiger partial charge on any atom is -0.507 e. The number of likely N-dealkylation sites (N-methyl/N-ethyl adjacent to an activating group) is 1. The van der Waals surface area contributed by atoms with Crippen LogP contribution in [-0.4, -0.2) is 94.8 Å². The van der Waals surface area contributed by atoms with Crippen molar-refractivity contribution in [2.75, 3.05) is 27.7 Å². The number of rotatable bonds is 6. The summed E-state index contributed by atoms with van der Waals surface area (Å²) in [5.74, 6) is -13.4. The van der Waals surface area contributed by atoms with Crippen molar-refractivity contribution in [1.82, 2.24) is 9.80 Å². The average molecular weight is 540 g/mol. The zero-order chi connectivity index (χ0) is 28.4. The number of ketones is 4. The zero-order valence-corrected chi connectivity index (χ0v) is 20.9. The molecule has 0 saturated heterocycles. The molecular weight excluding hydrogens is 511 g/mol. The van der Waals surface area contributed by atoms with Crippen LogP contribution in [0.1, 0.15) is 27.9 Å². The number of Topliss-reactive ketones (excluding diaryl/α,β-unsaturated/α-hetero) is 4. The van der Waals surface area contributed by atoms with E-state index < -0.39 is 94.5 Å². The summed E-state index contributed by atoms with van der Waals surface area (Å²) in [5.41, 5.74) is 1.56. The summed E-state index contributed by atoms with van der Waals surface area (Å²) in [5, 5.41) is 22.1. The number of halogens is 3. The van der Waals surface area contributed by atoms with Crippen LogP contribution in [-0.2, 0) is 32.1 Å². The third kappa shape index (κ3) is 4.03. The van der Waals surface area contributed by atoms with Gasteiger partial charge in [0.2, 0.25) is 5.91 Å². The number of hydrogen-bond acceptors (Lipinski definition) is 9. The molecule has 2 fully saturated rings. The van der Waals surface area contributed by atoms with Crippen LogP contribution < -0.4 is 5.73 Å². The highest BCUT2D eigenvalue weighted by molar-refractivity contribution is 6.32. The standard InChI is InChI=1S/C25H28F3N3O7/c1-30(2)19-12-5-9-4-11-16(13(32)6-10(18(11)28)7-31(3)8-14(26)27)20(33)15(9)22(35)25(12,38)23(36)17(21(19)34)24(29)37/h6,9,12,14-15,17,19,32,38H,4-5,7-8H2,1-3H3,(H2,29,37)/t9-,12-,15?,17?,19-,25-/m0/s1. The van der Waals surface area contributed by atoms with Crippen molar-refractivity contribution in [3.05, 3.63) is 28.6 Å². The molecule has 4 N–H and O–H groups in total. The maximum absolute atomic E-state index is 15.6. The van der Waals surface area contributed by atoms with Crippen molar-refractivity contribution in [3.8, 4) is 5.75 Å². The summed E-state index contributed by atoms with van der Waals surface area (Å²) in [6, 6.07) is -0.349. The molecule has 38 heavy (non-hydrogen) atoms. The van der Waals surface area contributed by atoms with Crippen molar-refractivity contribution in [2.45, 2.75) is 37.5 Å². The number of fused-ring (bicyclic) bond motifs is 3. The molecule has 3 aliphatic carbocycles. The van der Waals surface area contributed by atoms with Gasteiger partial charge in [0.05, 0.1) is 24.1 Å².